The molecule has 1 aliphatic carbocycles. The van der Waals surface area contributed by atoms with Gasteiger partial charge >= 0.3 is 6.18 Å². The zero-order chi connectivity index (χ0) is 30.2. The van der Waals surface area contributed by atoms with Gasteiger partial charge in [-0.1, -0.05) is 41.9 Å². The zero-order valence-corrected chi connectivity index (χ0v) is 23.8. The number of nitrogens with zero attached hydrogens (tertiary/aromatic N) is 1. The van der Waals surface area contributed by atoms with E-state index in [1.807, 2.05) is 30.3 Å². The van der Waals surface area contributed by atoms with Gasteiger partial charge in [-0.25, -0.2) is 0 Å². The van der Waals surface area contributed by atoms with Gasteiger partial charge in [0.05, 0.1) is 36.4 Å². The van der Waals surface area contributed by atoms with Gasteiger partial charge in [0, 0.05) is 34.9 Å². The molecule has 0 saturated heterocycles. The van der Waals surface area contributed by atoms with Crippen LogP contribution in [-0.2, 0) is 15.8 Å². The van der Waals surface area contributed by atoms with Gasteiger partial charge < -0.3 is 14.8 Å². The maximum atomic E-state index is 14.0. The van der Waals surface area contributed by atoms with E-state index < -0.39 is 29.5 Å². The third kappa shape index (κ3) is 5.66. The van der Waals surface area contributed by atoms with E-state index in [4.69, 9.17) is 26.1 Å². The summed E-state index contributed by atoms with van der Waals surface area (Å²) in [5.74, 6) is -1.88. The lowest BCUT2D eigenvalue weighted by atomic mass is 9.68. The summed E-state index contributed by atoms with van der Waals surface area (Å²) in [6.07, 6.45) is -3.93. The van der Waals surface area contributed by atoms with Crippen LogP contribution in [0.2, 0.25) is 5.02 Å². The molecule has 0 bridgehead atoms. The number of benzene rings is 3. The van der Waals surface area contributed by atoms with Crippen LogP contribution in [0, 0.1) is 5.92 Å². The molecule has 3 aromatic rings. The Balaban J connectivity index is 1.62. The van der Waals surface area contributed by atoms with Gasteiger partial charge in [-0.15, -0.1) is 0 Å². The smallest absolute Gasteiger partial charge is 0.416 e. The number of hydrogen-bond donors (Lipinski definition) is 1. The van der Waals surface area contributed by atoms with Crippen LogP contribution in [0.3, 0.4) is 0 Å². The average Bonchev–Trinajstić information content (AvgIpc) is 2.96. The van der Waals surface area contributed by atoms with Crippen LogP contribution >= 0.6 is 11.6 Å². The molecule has 3 atom stereocenters. The van der Waals surface area contributed by atoms with Crippen molar-refractivity contribution in [3.63, 3.8) is 0 Å². The second kappa shape index (κ2) is 11.6. The maximum absolute atomic E-state index is 14.0. The number of amides is 1. The summed E-state index contributed by atoms with van der Waals surface area (Å²) >= 11 is 6.20. The lowest BCUT2D eigenvalue weighted by molar-refractivity contribution is -0.137. The van der Waals surface area contributed by atoms with Gasteiger partial charge in [0.25, 0.3) is 0 Å². The van der Waals surface area contributed by atoms with E-state index in [1.54, 1.807) is 25.1 Å². The van der Waals surface area contributed by atoms with Crippen molar-refractivity contribution in [3.8, 4) is 11.5 Å². The van der Waals surface area contributed by atoms with E-state index in [0.29, 0.717) is 40.5 Å². The number of halogens is 4. The zero-order valence-electron chi connectivity index (χ0n) is 23.1. The first kappa shape index (κ1) is 29.4. The van der Waals surface area contributed by atoms with E-state index in [2.05, 4.69) is 5.32 Å². The Bertz CT molecular complexity index is 1600. The Morgan fingerprint density at radius 3 is 2.40 bits per heavy atom. The standard InChI is InChI=1S/C32H28ClF3N2O4/c1-17-28(31(40)38-24-15-20(32(34,35)36)9-11-23(24)33)29(22-16-21(41-2)10-12-27(22)42-3)30-25(37-17)13-19(14-26(30)39)18-7-5-4-6-8-18/h4-12,15-16,19,28-29H,13-14H2,1-3H3,(H,38,40)/t19-,28?,29+/m1/s1. The third-order valence-electron chi connectivity index (χ3n) is 7.77. The Morgan fingerprint density at radius 1 is 1.00 bits per heavy atom. The summed E-state index contributed by atoms with van der Waals surface area (Å²) < 4.78 is 51.4. The quantitative estimate of drug-likeness (QED) is 0.318. The molecule has 0 aromatic heterocycles. The summed E-state index contributed by atoms with van der Waals surface area (Å²) in [5, 5.41) is 2.52. The van der Waals surface area contributed by atoms with E-state index in [9.17, 15) is 22.8 Å². The minimum Gasteiger partial charge on any atom is -0.497 e. The summed E-state index contributed by atoms with van der Waals surface area (Å²) in [6.45, 7) is 1.68. The molecule has 2 aliphatic rings. The summed E-state index contributed by atoms with van der Waals surface area (Å²) in [7, 11) is 2.98. The minimum atomic E-state index is -4.63. The van der Waals surface area contributed by atoms with Crippen molar-refractivity contribution in [1.82, 2.24) is 0 Å². The van der Waals surface area contributed by atoms with Crippen LogP contribution in [0.15, 0.2) is 83.0 Å². The van der Waals surface area contributed by atoms with Crippen molar-refractivity contribution in [2.45, 2.75) is 37.8 Å². The van der Waals surface area contributed by atoms with Gasteiger partial charge in [0.15, 0.2) is 5.78 Å². The average molecular weight is 597 g/mol. The highest BCUT2D eigenvalue weighted by Crippen LogP contribution is 2.49. The Hall–Kier alpha value is -4.11. The van der Waals surface area contributed by atoms with Crippen LogP contribution in [0.5, 0.6) is 11.5 Å². The molecule has 0 fully saturated rings. The van der Waals surface area contributed by atoms with E-state index in [0.717, 1.165) is 23.8 Å². The second-order valence-corrected chi connectivity index (χ2v) is 10.7. The van der Waals surface area contributed by atoms with Crippen molar-refractivity contribution < 1.29 is 32.2 Å². The topological polar surface area (TPSA) is 77.0 Å². The fourth-order valence-electron chi connectivity index (χ4n) is 5.79. The number of methoxy groups -OCH3 is 2. The maximum Gasteiger partial charge on any atom is 0.416 e. The van der Waals surface area contributed by atoms with Crippen molar-refractivity contribution in [2.24, 2.45) is 10.9 Å². The molecule has 1 heterocycles. The number of ketones is 1. The number of hydrogen-bond acceptors (Lipinski definition) is 5. The van der Waals surface area contributed by atoms with Gasteiger partial charge in [-0.3, -0.25) is 14.6 Å². The molecule has 1 amide bonds. The number of ether oxygens (including phenoxy) is 2. The molecule has 6 nitrogen and oxygen atoms in total. The Morgan fingerprint density at radius 2 is 1.74 bits per heavy atom. The fourth-order valence-corrected chi connectivity index (χ4v) is 5.95. The molecule has 1 N–H and O–H groups in total. The predicted octanol–water partition coefficient (Wildman–Crippen LogP) is 7.59. The van der Waals surface area contributed by atoms with Gasteiger partial charge in [0.2, 0.25) is 5.91 Å². The predicted molar refractivity (Wildman–Crippen MR) is 154 cm³/mol. The molecule has 0 spiro atoms. The molecule has 1 unspecified atom stereocenters. The summed E-state index contributed by atoms with van der Waals surface area (Å²) in [6, 6.07) is 17.5. The number of anilines is 1. The molecule has 5 rings (SSSR count). The Kier molecular flexibility index (Phi) is 8.14. The highest BCUT2D eigenvalue weighted by Gasteiger charge is 2.45. The molecular formula is C32H28ClF3N2O4. The number of nitrogens with one attached hydrogen (secondary N) is 1. The van der Waals surface area contributed by atoms with Crippen LogP contribution < -0.4 is 14.8 Å². The fraction of sp³-hybridized carbons (Fsp3) is 0.281. The molecule has 0 saturated carbocycles. The van der Waals surface area contributed by atoms with Crippen molar-refractivity contribution >= 4 is 34.7 Å². The molecule has 3 aromatic carbocycles. The van der Waals surface area contributed by atoms with Crippen LogP contribution in [0.1, 0.15) is 48.3 Å². The highest BCUT2D eigenvalue weighted by molar-refractivity contribution is 6.34. The van der Waals surface area contributed by atoms with Crippen LogP contribution in [-0.4, -0.2) is 31.6 Å². The number of Topliss-reactive ketones (excluding diaryl/α,β-unsaturated/α-hetero) is 1. The van der Waals surface area contributed by atoms with E-state index in [1.165, 1.54) is 14.2 Å². The SMILES string of the molecule is COc1ccc(OC)c([C@@H]2C3=C(C[C@@H](c4ccccc4)CC3=O)N=C(C)C2C(=O)Nc2cc(C(F)(F)F)ccc2Cl)c1. The molecule has 218 valence electrons. The first-order valence-electron chi connectivity index (χ1n) is 13.3. The second-order valence-electron chi connectivity index (χ2n) is 10.3. The van der Waals surface area contributed by atoms with E-state index >= 15 is 0 Å². The first-order chi connectivity index (χ1) is 20.0. The molecule has 42 heavy (non-hydrogen) atoms. The van der Waals surface area contributed by atoms with Crippen LogP contribution in [0.4, 0.5) is 18.9 Å². The number of carbonyl (C=O) groups is 2. The van der Waals surface area contributed by atoms with Crippen LogP contribution in [0.25, 0.3) is 0 Å². The molecular weight excluding hydrogens is 569 g/mol. The van der Waals surface area contributed by atoms with Crippen molar-refractivity contribution in [2.75, 3.05) is 19.5 Å². The minimum absolute atomic E-state index is 0.0587. The monoisotopic (exact) mass is 596 g/mol. The largest absolute Gasteiger partial charge is 0.497 e. The summed E-state index contributed by atoms with van der Waals surface area (Å²) in [4.78, 5) is 32.6. The first-order valence-corrected chi connectivity index (χ1v) is 13.7. The third-order valence-corrected chi connectivity index (χ3v) is 8.10. The van der Waals surface area contributed by atoms with Gasteiger partial charge in [-0.2, -0.15) is 13.2 Å². The molecule has 0 radical (unpaired) electrons. The molecule has 10 heteroatoms. The number of carbonyl (C=O) groups excluding carboxylic acids is 2. The number of allylic oxidation sites excluding steroid dienone is 2. The van der Waals surface area contributed by atoms with Crippen molar-refractivity contribution in [3.05, 3.63) is 99.7 Å². The van der Waals surface area contributed by atoms with E-state index in [-0.39, 0.29) is 28.8 Å². The molecule has 1 aliphatic heterocycles. The van der Waals surface area contributed by atoms with Gasteiger partial charge in [0.1, 0.15) is 11.5 Å². The Labute approximate surface area is 246 Å². The van der Waals surface area contributed by atoms with Gasteiger partial charge in [-0.05, 0) is 61.2 Å². The summed E-state index contributed by atoms with van der Waals surface area (Å²) in [5.41, 5.74) is 1.76. The number of alkyl halides is 3. The normalized spacial score (nSPS) is 20.5. The lowest BCUT2D eigenvalue weighted by Gasteiger charge is -2.37. The number of rotatable bonds is 6. The number of aliphatic imine (C=N–C) groups is 1. The lowest BCUT2D eigenvalue weighted by Crippen LogP contribution is -2.40. The van der Waals surface area contributed by atoms with Crippen molar-refractivity contribution in [1.29, 1.82) is 0 Å². The highest BCUT2D eigenvalue weighted by atomic mass is 35.5.